The van der Waals surface area contributed by atoms with Crippen LogP contribution in [0.3, 0.4) is 0 Å². The standard InChI is InChI=1S/C18H16ClN5O3/c1-12-17(19)18(24(26)27)22-23(12)11-16(25)21-15-4-2-13(3-5-15)10-14-6-8-20-9-7-14/h2-9H,10-11H2,1H3,(H,21,25). The molecule has 2 aromatic heterocycles. The molecule has 1 N–H and O–H groups in total. The number of aromatic nitrogens is 3. The van der Waals surface area contributed by atoms with E-state index in [2.05, 4.69) is 15.4 Å². The molecule has 0 aliphatic heterocycles. The number of rotatable bonds is 6. The van der Waals surface area contributed by atoms with Crippen molar-refractivity contribution in [2.45, 2.75) is 19.9 Å². The van der Waals surface area contributed by atoms with E-state index < -0.39 is 10.7 Å². The van der Waals surface area contributed by atoms with E-state index in [0.717, 1.165) is 17.5 Å². The predicted octanol–water partition coefficient (Wildman–Crippen LogP) is 3.38. The molecule has 27 heavy (non-hydrogen) atoms. The van der Waals surface area contributed by atoms with Crippen LogP contribution in [0, 0.1) is 17.0 Å². The van der Waals surface area contributed by atoms with Gasteiger partial charge in [-0.2, -0.15) is 4.68 Å². The molecule has 3 aromatic rings. The first-order chi connectivity index (χ1) is 12.9. The van der Waals surface area contributed by atoms with Gasteiger partial charge in [0.2, 0.25) is 5.91 Å². The molecule has 8 nitrogen and oxygen atoms in total. The number of carbonyl (C=O) groups excluding carboxylic acids is 1. The van der Waals surface area contributed by atoms with Crippen LogP contribution in [-0.4, -0.2) is 25.6 Å². The van der Waals surface area contributed by atoms with Crippen molar-refractivity contribution in [1.82, 2.24) is 14.8 Å². The Labute approximate surface area is 159 Å². The van der Waals surface area contributed by atoms with Gasteiger partial charge in [0.25, 0.3) is 0 Å². The SMILES string of the molecule is Cc1c(Cl)c([N+](=O)[O-])nn1CC(=O)Nc1ccc(Cc2ccncc2)cc1. The number of anilines is 1. The van der Waals surface area contributed by atoms with Gasteiger partial charge in [0.15, 0.2) is 5.02 Å². The average molecular weight is 386 g/mol. The Bertz CT molecular complexity index is 971. The number of nitrogens with zero attached hydrogens (tertiary/aromatic N) is 4. The summed E-state index contributed by atoms with van der Waals surface area (Å²) in [6.07, 6.45) is 4.26. The molecule has 0 aliphatic rings. The Morgan fingerprint density at radius 2 is 1.81 bits per heavy atom. The fraction of sp³-hybridized carbons (Fsp3) is 0.167. The minimum absolute atomic E-state index is 0.0618. The van der Waals surface area contributed by atoms with Gasteiger partial charge in [-0.1, -0.05) is 23.7 Å². The average Bonchev–Trinajstić information content (AvgIpc) is 2.93. The normalized spacial score (nSPS) is 10.6. The van der Waals surface area contributed by atoms with Gasteiger partial charge in [-0.3, -0.25) is 9.78 Å². The number of pyridine rings is 1. The second-order valence-electron chi connectivity index (χ2n) is 5.92. The quantitative estimate of drug-likeness (QED) is 0.517. The number of nitro groups is 1. The Kier molecular flexibility index (Phi) is 5.46. The molecule has 138 valence electrons. The smallest absolute Gasteiger partial charge is 0.358 e. The van der Waals surface area contributed by atoms with Crippen molar-refractivity contribution in [3.63, 3.8) is 0 Å². The third-order valence-electron chi connectivity index (χ3n) is 3.98. The van der Waals surface area contributed by atoms with E-state index in [9.17, 15) is 14.9 Å². The maximum absolute atomic E-state index is 12.2. The first kappa shape index (κ1) is 18.5. The predicted molar refractivity (Wildman–Crippen MR) is 101 cm³/mol. The maximum Gasteiger partial charge on any atom is 0.408 e. The topological polar surface area (TPSA) is 103 Å². The van der Waals surface area contributed by atoms with Gasteiger partial charge in [0.05, 0.1) is 10.8 Å². The molecule has 1 amide bonds. The Morgan fingerprint density at radius 3 is 2.41 bits per heavy atom. The monoisotopic (exact) mass is 385 g/mol. The van der Waals surface area contributed by atoms with Crippen LogP contribution in [0.1, 0.15) is 16.8 Å². The van der Waals surface area contributed by atoms with Gasteiger partial charge in [0, 0.05) is 18.1 Å². The molecule has 0 fully saturated rings. The summed E-state index contributed by atoms with van der Waals surface area (Å²) in [5.41, 5.74) is 3.24. The Balaban J connectivity index is 1.63. The lowest BCUT2D eigenvalue weighted by Crippen LogP contribution is -2.20. The number of hydrogen-bond acceptors (Lipinski definition) is 5. The van der Waals surface area contributed by atoms with Crippen LogP contribution >= 0.6 is 11.6 Å². The summed E-state index contributed by atoms with van der Waals surface area (Å²) in [4.78, 5) is 26.4. The summed E-state index contributed by atoms with van der Waals surface area (Å²) in [7, 11) is 0. The highest BCUT2D eigenvalue weighted by Crippen LogP contribution is 2.26. The van der Waals surface area contributed by atoms with Crippen LogP contribution in [0.25, 0.3) is 0 Å². The second-order valence-corrected chi connectivity index (χ2v) is 6.29. The van der Waals surface area contributed by atoms with E-state index in [1.54, 1.807) is 31.5 Å². The minimum Gasteiger partial charge on any atom is -0.358 e. The molecule has 0 spiro atoms. The fourth-order valence-corrected chi connectivity index (χ4v) is 2.76. The number of amides is 1. The van der Waals surface area contributed by atoms with Crippen LogP contribution in [0.15, 0.2) is 48.8 Å². The molecule has 0 unspecified atom stereocenters. The molecule has 0 atom stereocenters. The van der Waals surface area contributed by atoms with E-state index in [1.807, 2.05) is 24.3 Å². The summed E-state index contributed by atoms with van der Waals surface area (Å²) in [5, 5.41) is 17.3. The van der Waals surface area contributed by atoms with Crippen molar-refractivity contribution in [2.24, 2.45) is 0 Å². The summed E-state index contributed by atoms with van der Waals surface area (Å²) >= 11 is 5.88. The number of halogens is 1. The first-order valence-electron chi connectivity index (χ1n) is 8.09. The summed E-state index contributed by atoms with van der Waals surface area (Å²) in [6.45, 7) is 1.40. The number of carbonyl (C=O) groups is 1. The minimum atomic E-state index is -0.675. The highest BCUT2D eigenvalue weighted by atomic mass is 35.5. The van der Waals surface area contributed by atoms with Gasteiger partial charge in [0.1, 0.15) is 6.54 Å². The van der Waals surface area contributed by atoms with Gasteiger partial charge in [-0.25, -0.2) is 0 Å². The lowest BCUT2D eigenvalue weighted by atomic mass is 10.1. The lowest BCUT2D eigenvalue weighted by Gasteiger charge is -2.07. The van der Waals surface area contributed by atoms with Crippen molar-refractivity contribution in [3.8, 4) is 0 Å². The van der Waals surface area contributed by atoms with E-state index in [0.29, 0.717) is 11.4 Å². The molecule has 0 aliphatic carbocycles. The largest absolute Gasteiger partial charge is 0.408 e. The van der Waals surface area contributed by atoms with Crippen molar-refractivity contribution in [2.75, 3.05) is 5.32 Å². The van der Waals surface area contributed by atoms with Crippen LogP contribution in [0.5, 0.6) is 0 Å². The molecule has 3 rings (SSSR count). The van der Waals surface area contributed by atoms with E-state index in [1.165, 1.54) is 4.68 Å². The summed E-state index contributed by atoms with van der Waals surface area (Å²) in [6, 6.07) is 11.4. The zero-order valence-electron chi connectivity index (χ0n) is 14.4. The Hall–Kier alpha value is -3.26. The van der Waals surface area contributed by atoms with Gasteiger partial charge in [-0.15, -0.1) is 0 Å². The summed E-state index contributed by atoms with van der Waals surface area (Å²) < 4.78 is 1.22. The van der Waals surface area contributed by atoms with Crippen molar-refractivity contribution < 1.29 is 9.72 Å². The molecular weight excluding hydrogens is 370 g/mol. The van der Waals surface area contributed by atoms with E-state index >= 15 is 0 Å². The van der Waals surface area contributed by atoms with Crippen molar-refractivity contribution >= 4 is 29.0 Å². The lowest BCUT2D eigenvalue weighted by molar-refractivity contribution is -0.389. The van der Waals surface area contributed by atoms with Gasteiger partial charge in [-0.05, 0) is 53.7 Å². The third-order valence-corrected chi connectivity index (χ3v) is 4.42. The number of nitrogens with one attached hydrogen (secondary N) is 1. The van der Waals surface area contributed by atoms with E-state index in [4.69, 9.17) is 11.6 Å². The number of benzene rings is 1. The van der Waals surface area contributed by atoms with Gasteiger partial charge < -0.3 is 15.4 Å². The maximum atomic E-state index is 12.2. The van der Waals surface area contributed by atoms with Crippen LogP contribution in [0.4, 0.5) is 11.5 Å². The molecule has 2 heterocycles. The van der Waals surface area contributed by atoms with Crippen LogP contribution in [0.2, 0.25) is 5.02 Å². The molecular formula is C18H16ClN5O3. The van der Waals surface area contributed by atoms with Crippen LogP contribution in [-0.2, 0) is 17.8 Å². The zero-order chi connectivity index (χ0) is 19.4. The molecule has 0 saturated heterocycles. The number of hydrogen-bond donors (Lipinski definition) is 1. The van der Waals surface area contributed by atoms with Gasteiger partial charge >= 0.3 is 5.82 Å². The molecule has 0 bridgehead atoms. The van der Waals surface area contributed by atoms with Crippen molar-refractivity contribution in [3.05, 3.63) is 80.7 Å². The molecule has 1 aromatic carbocycles. The van der Waals surface area contributed by atoms with Crippen molar-refractivity contribution in [1.29, 1.82) is 0 Å². The summed E-state index contributed by atoms with van der Waals surface area (Å²) in [5.74, 6) is -0.809. The highest BCUT2D eigenvalue weighted by molar-refractivity contribution is 6.33. The second kappa shape index (κ2) is 7.96. The first-order valence-corrected chi connectivity index (χ1v) is 8.47. The van der Waals surface area contributed by atoms with Crippen LogP contribution < -0.4 is 5.32 Å². The fourth-order valence-electron chi connectivity index (χ4n) is 2.56. The molecule has 0 saturated carbocycles. The zero-order valence-corrected chi connectivity index (χ0v) is 15.2. The Morgan fingerprint density at radius 1 is 1.19 bits per heavy atom. The third kappa shape index (κ3) is 4.48. The molecule has 0 radical (unpaired) electrons. The molecule has 9 heteroatoms. The van der Waals surface area contributed by atoms with E-state index in [-0.39, 0.29) is 17.5 Å². The highest BCUT2D eigenvalue weighted by Gasteiger charge is 2.24.